The number of aliphatic hydroxyl groups is 1. The number of halogens is 4. The van der Waals surface area contributed by atoms with Gasteiger partial charge in [0.2, 0.25) is 5.56 Å². The number of aromatic hydroxyl groups is 1. The van der Waals surface area contributed by atoms with Crippen molar-refractivity contribution in [2.45, 2.75) is 57.3 Å². The van der Waals surface area contributed by atoms with E-state index in [4.69, 9.17) is 0 Å². The van der Waals surface area contributed by atoms with E-state index in [1.807, 2.05) is 0 Å². The van der Waals surface area contributed by atoms with E-state index in [0.29, 0.717) is 16.7 Å². The first kappa shape index (κ1) is 23.1. The lowest BCUT2D eigenvalue weighted by molar-refractivity contribution is -0.272. The number of aryl methyl sites for hydroxylation is 1. The molecule has 1 aliphatic rings. The second-order valence-corrected chi connectivity index (χ2v) is 8.68. The van der Waals surface area contributed by atoms with Gasteiger partial charge >= 0.3 is 6.18 Å². The number of pyridine rings is 1. The lowest BCUT2D eigenvalue weighted by Gasteiger charge is -2.46. The summed E-state index contributed by atoms with van der Waals surface area (Å²) in [6, 6.07) is 4.62. The van der Waals surface area contributed by atoms with E-state index >= 15 is 0 Å². The molecule has 1 heterocycles. The Balaban J connectivity index is 1.98. The Bertz CT molecular complexity index is 1300. The van der Waals surface area contributed by atoms with Crippen molar-refractivity contribution in [2.75, 3.05) is 5.32 Å². The molecule has 0 unspecified atom stereocenters. The van der Waals surface area contributed by atoms with Crippen molar-refractivity contribution in [3.05, 3.63) is 68.8 Å². The number of phenolic OH excluding ortho intramolecular Hbond substituents is 1. The van der Waals surface area contributed by atoms with Crippen LogP contribution < -0.4 is 10.9 Å². The lowest BCUT2D eigenvalue weighted by atomic mass is 9.68. The molecule has 4 rings (SSSR count). The first-order chi connectivity index (χ1) is 15.4. The maximum absolute atomic E-state index is 14.3. The first-order valence-corrected chi connectivity index (χ1v) is 10.6. The Kier molecular flexibility index (Phi) is 5.43. The number of H-pyrrole nitrogens is 1. The SMILES string of the molecule is CC[C@@H]1C[C@](O)(C(F)(F)F)[C@@H](Nc2ccc(F)c3[nH]c(=O)ccc23)c2cc(C)c(C)c(O)c21. The topological polar surface area (TPSA) is 85.4 Å². The second kappa shape index (κ2) is 7.76. The fourth-order valence-electron chi connectivity index (χ4n) is 4.79. The van der Waals surface area contributed by atoms with Gasteiger partial charge < -0.3 is 20.5 Å². The monoisotopic (exact) mass is 464 g/mol. The number of hydrogen-bond donors (Lipinski definition) is 4. The number of hydrogen-bond acceptors (Lipinski definition) is 4. The van der Waals surface area contributed by atoms with Gasteiger partial charge in [0, 0.05) is 22.7 Å². The molecule has 0 saturated heterocycles. The number of alkyl halides is 3. The van der Waals surface area contributed by atoms with Gasteiger partial charge in [-0.05, 0) is 67.5 Å². The summed E-state index contributed by atoms with van der Waals surface area (Å²) in [5, 5.41) is 24.9. The first-order valence-electron chi connectivity index (χ1n) is 10.6. The number of fused-ring (bicyclic) bond motifs is 2. The van der Waals surface area contributed by atoms with E-state index in [1.165, 1.54) is 12.1 Å². The molecule has 4 N–H and O–H groups in total. The summed E-state index contributed by atoms with van der Waals surface area (Å²) in [4.78, 5) is 14.0. The zero-order valence-corrected chi connectivity index (χ0v) is 18.3. The Morgan fingerprint density at radius 2 is 1.91 bits per heavy atom. The van der Waals surface area contributed by atoms with Crippen LogP contribution in [-0.4, -0.2) is 27.0 Å². The molecule has 0 amide bonds. The maximum atomic E-state index is 14.3. The van der Waals surface area contributed by atoms with Crippen LogP contribution in [-0.2, 0) is 0 Å². The summed E-state index contributed by atoms with van der Waals surface area (Å²) < 4.78 is 57.3. The van der Waals surface area contributed by atoms with Crippen molar-refractivity contribution in [1.82, 2.24) is 4.98 Å². The average Bonchev–Trinajstić information content (AvgIpc) is 2.74. The molecule has 0 spiro atoms. The fraction of sp³-hybridized carbons (Fsp3) is 0.375. The molecule has 33 heavy (non-hydrogen) atoms. The summed E-state index contributed by atoms with van der Waals surface area (Å²) in [5.41, 5.74) is -2.13. The normalized spacial score (nSPS) is 22.9. The van der Waals surface area contributed by atoms with E-state index < -0.39 is 41.5 Å². The van der Waals surface area contributed by atoms with Crippen molar-refractivity contribution >= 4 is 16.6 Å². The standard InChI is InChI=1S/C24H24F4N2O3/c1-4-13-10-23(33,24(26,27)28)22(15-9-11(2)12(3)21(32)19(13)15)29-17-7-6-16(25)20-14(17)5-8-18(31)30-20/h5-9,13,22,29,32-33H,4,10H2,1-3H3,(H,30,31)/t13-,22+,23-/m1/s1. The molecule has 5 nitrogen and oxygen atoms in total. The molecule has 0 radical (unpaired) electrons. The molecule has 3 atom stereocenters. The van der Waals surface area contributed by atoms with Crippen molar-refractivity contribution in [3.63, 3.8) is 0 Å². The van der Waals surface area contributed by atoms with Crippen molar-refractivity contribution < 1.29 is 27.8 Å². The van der Waals surface area contributed by atoms with E-state index in [9.17, 15) is 32.6 Å². The zero-order valence-electron chi connectivity index (χ0n) is 18.3. The van der Waals surface area contributed by atoms with E-state index in [0.717, 1.165) is 12.1 Å². The van der Waals surface area contributed by atoms with Gasteiger partial charge in [0.05, 0.1) is 11.6 Å². The smallest absolute Gasteiger partial charge is 0.419 e. The number of phenols is 1. The molecular weight excluding hydrogens is 440 g/mol. The van der Waals surface area contributed by atoms with Crippen LogP contribution in [0.3, 0.4) is 0 Å². The summed E-state index contributed by atoms with van der Waals surface area (Å²) in [6.07, 6.45) is -5.35. The Morgan fingerprint density at radius 1 is 1.21 bits per heavy atom. The molecule has 0 saturated carbocycles. The third-order valence-electron chi connectivity index (χ3n) is 6.77. The highest BCUT2D eigenvalue weighted by molar-refractivity contribution is 5.91. The third kappa shape index (κ3) is 3.55. The van der Waals surface area contributed by atoms with Gasteiger partial charge in [-0.2, -0.15) is 13.2 Å². The summed E-state index contributed by atoms with van der Waals surface area (Å²) in [6.45, 7) is 5.07. The van der Waals surface area contributed by atoms with Gasteiger partial charge in [0.15, 0.2) is 5.60 Å². The quantitative estimate of drug-likeness (QED) is 0.395. The number of benzene rings is 2. The number of anilines is 1. The number of aromatic nitrogens is 1. The molecule has 1 aliphatic carbocycles. The van der Waals surface area contributed by atoms with Crippen molar-refractivity contribution in [2.24, 2.45) is 0 Å². The van der Waals surface area contributed by atoms with Crippen LogP contribution in [0, 0.1) is 19.7 Å². The van der Waals surface area contributed by atoms with Crippen LogP contribution in [0.5, 0.6) is 5.75 Å². The van der Waals surface area contributed by atoms with Crippen LogP contribution in [0.25, 0.3) is 10.9 Å². The van der Waals surface area contributed by atoms with Crippen LogP contribution in [0.4, 0.5) is 23.2 Å². The van der Waals surface area contributed by atoms with Gasteiger partial charge in [-0.25, -0.2) is 4.39 Å². The summed E-state index contributed by atoms with van der Waals surface area (Å²) >= 11 is 0. The molecule has 176 valence electrons. The number of nitrogens with one attached hydrogen (secondary N) is 2. The van der Waals surface area contributed by atoms with Crippen LogP contribution in [0.15, 0.2) is 35.1 Å². The summed E-state index contributed by atoms with van der Waals surface area (Å²) in [7, 11) is 0. The summed E-state index contributed by atoms with van der Waals surface area (Å²) in [5.74, 6) is -1.54. The average molecular weight is 464 g/mol. The number of rotatable bonds is 3. The van der Waals surface area contributed by atoms with Gasteiger partial charge in [-0.3, -0.25) is 4.79 Å². The third-order valence-corrected chi connectivity index (χ3v) is 6.77. The van der Waals surface area contributed by atoms with Crippen LogP contribution in [0.2, 0.25) is 0 Å². The Hall–Kier alpha value is -3.07. The van der Waals surface area contributed by atoms with Gasteiger partial charge in [-0.15, -0.1) is 0 Å². The maximum Gasteiger partial charge on any atom is 0.419 e. The van der Waals surface area contributed by atoms with Crippen LogP contribution in [0.1, 0.15) is 54.0 Å². The molecule has 1 aromatic heterocycles. The molecule has 9 heteroatoms. The lowest BCUT2D eigenvalue weighted by Crippen LogP contribution is -2.55. The molecule has 2 aromatic carbocycles. The Morgan fingerprint density at radius 3 is 2.55 bits per heavy atom. The predicted octanol–water partition coefficient (Wildman–Crippen LogP) is 5.33. The minimum atomic E-state index is -4.99. The molecule has 3 aromatic rings. The highest BCUT2D eigenvalue weighted by Gasteiger charge is 2.62. The van der Waals surface area contributed by atoms with Gasteiger partial charge in [0.1, 0.15) is 11.6 Å². The number of aromatic amines is 1. The highest BCUT2D eigenvalue weighted by atomic mass is 19.4. The molecule has 0 aliphatic heterocycles. The largest absolute Gasteiger partial charge is 0.507 e. The fourth-order valence-corrected chi connectivity index (χ4v) is 4.79. The van der Waals surface area contributed by atoms with Crippen molar-refractivity contribution in [3.8, 4) is 5.75 Å². The predicted molar refractivity (Wildman–Crippen MR) is 117 cm³/mol. The molecule has 0 bridgehead atoms. The van der Waals surface area contributed by atoms with Crippen LogP contribution >= 0.6 is 0 Å². The minimum Gasteiger partial charge on any atom is -0.507 e. The molecular formula is C24H24F4N2O3. The zero-order chi connectivity index (χ0) is 24.3. The molecule has 0 fully saturated rings. The Labute approximate surface area is 187 Å². The van der Waals surface area contributed by atoms with E-state index in [2.05, 4.69) is 10.3 Å². The van der Waals surface area contributed by atoms with E-state index in [1.54, 1.807) is 26.8 Å². The second-order valence-electron chi connectivity index (χ2n) is 8.68. The van der Waals surface area contributed by atoms with Gasteiger partial charge in [-0.1, -0.05) is 13.0 Å². The van der Waals surface area contributed by atoms with Gasteiger partial charge in [0.25, 0.3) is 0 Å². The highest BCUT2D eigenvalue weighted by Crippen LogP contribution is 2.56. The van der Waals surface area contributed by atoms with Crippen molar-refractivity contribution in [1.29, 1.82) is 0 Å². The minimum absolute atomic E-state index is 0.0823. The van der Waals surface area contributed by atoms with E-state index in [-0.39, 0.29) is 34.3 Å².